The van der Waals surface area contributed by atoms with E-state index < -0.39 is 0 Å². The average molecular weight is 313 g/mol. The zero-order valence-electron chi connectivity index (χ0n) is 13.7. The maximum Gasteiger partial charge on any atom is 0.226 e. The fraction of sp³-hybridized carbons (Fsp3) is 0.316. The molecule has 2 aromatic rings. The van der Waals surface area contributed by atoms with Gasteiger partial charge in [-0.05, 0) is 30.2 Å². The van der Waals surface area contributed by atoms with Gasteiger partial charge in [0.1, 0.15) is 12.4 Å². The molecule has 0 aromatic heterocycles. The van der Waals surface area contributed by atoms with Gasteiger partial charge in [-0.25, -0.2) is 0 Å². The first-order valence-corrected chi connectivity index (χ1v) is 7.70. The Bertz CT molecular complexity index is 655. The molecule has 0 fully saturated rings. The van der Waals surface area contributed by atoms with Crippen molar-refractivity contribution in [2.75, 3.05) is 20.2 Å². The molecule has 0 aliphatic rings. The highest BCUT2D eigenvalue weighted by atomic mass is 16.5. The summed E-state index contributed by atoms with van der Waals surface area (Å²) in [5.74, 6) is 0.733. The van der Waals surface area contributed by atoms with Gasteiger partial charge in [0.2, 0.25) is 5.91 Å². The average Bonchev–Trinajstić information content (AvgIpc) is 2.53. The molecular weight excluding hydrogens is 290 g/mol. The van der Waals surface area contributed by atoms with Gasteiger partial charge in [-0.1, -0.05) is 42.0 Å². The van der Waals surface area contributed by atoms with E-state index in [4.69, 9.17) is 9.84 Å². The van der Waals surface area contributed by atoms with Crippen molar-refractivity contribution < 1.29 is 14.6 Å². The van der Waals surface area contributed by atoms with Crippen molar-refractivity contribution in [2.24, 2.45) is 0 Å². The molecule has 0 unspecified atom stereocenters. The van der Waals surface area contributed by atoms with Gasteiger partial charge in [-0.2, -0.15) is 0 Å². The van der Waals surface area contributed by atoms with Crippen LogP contribution in [0, 0.1) is 6.92 Å². The molecule has 122 valence electrons. The number of nitrogens with zero attached hydrogens (tertiary/aromatic N) is 1. The monoisotopic (exact) mass is 313 g/mol. The number of aliphatic hydroxyl groups is 1. The molecule has 0 saturated heterocycles. The Hall–Kier alpha value is -2.33. The molecule has 0 radical (unpaired) electrons. The first kappa shape index (κ1) is 17.0. The molecule has 0 aliphatic heterocycles. The fourth-order valence-electron chi connectivity index (χ4n) is 2.30. The van der Waals surface area contributed by atoms with E-state index in [1.165, 1.54) is 10.5 Å². The zero-order valence-corrected chi connectivity index (χ0v) is 13.7. The van der Waals surface area contributed by atoms with Gasteiger partial charge < -0.3 is 14.7 Å². The molecule has 2 rings (SSSR count). The van der Waals surface area contributed by atoms with Crippen molar-refractivity contribution in [2.45, 2.75) is 20.0 Å². The number of carbonyl (C=O) groups excluding carboxylic acids is 1. The lowest BCUT2D eigenvalue weighted by Gasteiger charge is -2.16. The van der Waals surface area contributed by atoms with Gasteiger partial charge in [-0.3, -0.25) is 4.79 Å². The van der Waals surface area contributed by atoms with Crippen LogP contribution in [0.4, 0.5) is 0 Å². The van der Waals surface area contributed by atoms with Crippen LogP contribution in [0.15, 0.2) is 48.5 Å². The Balaban J connectivity index is 1.95. The van der Waals surface area contributed by atoms with E-state index in [1.54, 1.807) is 7.05 Å². The molecule has 0 heterocycles. The zero-order chi connectivity index (χ0) is 16.7. The fourth-order valence-corrected chi connectivity index (χ4v) is 2.30. The lowest BCUT2D eigenvalue weighted by molar-refractivity contribution is -0.129. The van der Waals surface area contributed by atoms with Crippen LogP contribution >= 0.6 is 0 Å². The SMILES string of the molecule is Cc1cccc(COc2cccc(CC(=O)N(C)CCO)c2)c1. The highest BCUT2D eigenvalue weighted by Gasteiger charge is 2.09. The van der Waals surface area contributed by atoms with E-state index in [0.717, 1.165) is 16.9 Å². The molecule has 1 amide bonds. The number of ether oxygens (including phenoxy) is 1. The summed E-state index contributed by atoms with van der Waals surface area (Å²) in [6, 6.07) is 15.8. The van der Waals surface area contributed by atoms with Gasteiger partial charge in [-0.15, -0.1) is 0 Å². The van der Waals surface area contributed by atoms with Crippen LogP contribution in [-0.2, 0) is 17.8 Å². The summed E-state index contributed by atoms with van der Waals surface area (Å²) in [5, 5.41) is 8.88. The maximum atomic E-state index is 12.0. The third-order valence-corrected chi connectivity index (χ3v) is 3.60. The minimum absolute atomic E-state index is 0.0186. The number of aliphatic hydroxyl groups excluding tert-OH is 1. The number of hydrogen-bond acceptors (Lipinski definition) is 3. The third-order valence-electron chi connectivity index (χ3n) is 3.60. The predicted octanol–water partition coefficient (Wildman–Crippen LogP) is 2.57. The Kier molecular flexibility index (Phi) is 6.18. The van der Waals surface area contributed by atoms with Gasteiger partial charge in [0, 0.05) is 13.6 Å². The summed E-state index contributed by atoms with van der Waals surface area (Å²) >= 11 is 0. The van der Waals surface area contributed by atoms with Crippen molar-refractivity contribution in [3.05, 3.63) is 65.2 Å². The van der Waals surface area contributed by atoms with Crippen molar-refractivity contribution in [1.29, 1.82) is 0 Å². The van der Waals surface area contributed by atoms with Crippen LogP contribution in [0.3, 0.4) is 0 Å². The summed E-state index contributed by atoms with van der Waals surface area (Å²) in [6.07, 6.45) is 0.304. The van der Waals surface area contributed by atoms with Crippen LogP contribution in [0.1, 0.15) is 16.7 Å². The molecule has 0 spiro atoms. The summed E-state index contributed by atoms with van der Waals surface area (Å²) in [4.78, 5) is 13.5. The standard InChI is InChI=1S/C19H23NO3/c1-15-5-3-7-17(11-15)14-23-18-8-4-6-16(12-18)13-19(22)20(2)9-10-21/h3-8,11-12,21H,9-10,13-14H2,1-2H3. The maximum absolute atomic E-state index is 12.0. The molecule has 1 N–H and O–H groups in total. The van der Waals surface area contributed by atoms with Crippen molar-refractivity contribution >= 4 is 5.91 Å². The summed E-state index contributed by atoms with van der Waals surface area (Å²) in [7, 11) is 1.69. The predicted molar refractivity (Wildman–Crippen MR) is 90.4 cm³/mol. The van der Waals surface area contributed by atoms with Gasteiger partial charge in [0.25, 0.3) is 0 Å². The number of carbonyl (C=O) groups is 1. The Morgan fingerprint density at radius 1 is 1.13 bits per heavy atom. The molecule has 4 nitrogen and oxygen atoms in total. The largest absolute Gasteiger partial charge is 0.489 e. The van der Waals surface area contributed by atoms with Crippen LogP contribution in [-0.4, -0.2) is 36.1 Å². The highest BCUT2D eigenvalue weighted by Crippen LogP contribution is 2.16. The van der Waals surface area contributed by atoms with Crippen LogP contribution in [0.2, 0.25) is 0 Å². The number of amides is 1. The molecule has 0 bridgehead atoms. The van der Waals surface area contributed by atoms with E-state index in [-0.39, 0.29) is 12.5 Å². The van der Waals surface area contributed by atoms with Gasteiger partial charge >= 0.3 is 0 Å². The quantitative estimate of drug-likeness (QED) is 0.855. The van der Waals surface area contributed by atoms with Crippen molar-refractivity contribution in [3.8, 4) is 5.75 Å². The van der Waals surface area contributed by atoms with Crippen LogP contribution < -0.4 is 4.74 Å². The highest BCUT2D eigenvalue weighted by molar-refractivity contribution is 5.78. The number of hydrogen-bond donors (Lipinski definition) is 1. The first-order chi connectivity index (χ1) is 11.1. The van der Waals surface area contributed by atoms with Crippen LogP contribution in [0.5, 0.6) is 5.75 Å². The van der Waals surface area contributed by atoms with Crippen molar-refractivity contribution in [1.82, 2.24) is 4.90 Å². The lowest BCUT2D eigenvalue weighted by Crippen LogP contribution is -2.30. The Morgan fingerprint density at radius 3 is 2.61 bits per heavy atom. The lowest BCUT2D eigenvalue weighted by atomic mass is 10.1. The minimum atomic E-state index is -0.0259. The number of likely N-dealkylation sites (N-methyl/N-ethyl adjacent to an activating group) is 1. The molecule has 0 atom stereocenters. The molecule has 0 aliphatic carbocycles. The Morgan fingerprint density at radius 2 is 1.87 bits per heavy atom. The topological polar surface area (TPSA) is 49.8 Å². The molecule has 0 saturated carbocycles. The summed E-state index contributed by atoms with van der Waals surface area (Å²) < 4.78 is 5.81. The number of aryl methyl sites for hydroxylation is 1. The van der Waals surface area contributed by atoms with E-state index >= 15 is 0 Å². The number of benzene rings is 2. The normalized spacial score (nSPS) is 10.4. The second-order valence-electron chi connectivity index (χ2n) is 5.64. The first-order valence-electron chi connectivity index (χ1n) is 7.70. The smallest absolute Gasteiger partial charge is 0.226 e. The molecular formula is C19H23NO3. The molecule has 23 heavy (non-hydrogen) atoms. The third kappa shape index (κ3) is 5.42. The second-order valence-corrected chi connectivity index (χ2v) is 5.64. The summed E-state index contributed by atoms with van der Waals surface area (Å²) in [6.45, 7) is 2.88. The van der Waals surface area contributed by atoms with Gasteiger partial charge in [0.05, 0.1) is 13.0 Å². The minimum Gasteiger partial charge on any atom is -0.489 e. The molecule has 2 aromatic carbocycles. The van der Waals surface area contributed by atoms with E-state index in [1.807, 2.05) is 36.4 Å². The van der Waals surface area contributed by atoms with E-state index in [0.29, 0.717) is 19.6 Å². The second kappa shape index (κ2) is 8.34. The van der Waals surface area contributed by atoms with Gasteiger partial charge in [0.15, 0.2) is 0 Å². The van der Waals surface area contributed by atoms with E-state index in [2.05, 4.69) is 19.1 Å². The number of rotatable bonds is 7. The summed E-state index contributed by atoms with van der Waals surface area (Å²) in [5.41, 5.74) is 3.23. The Labute approximate surface area is 137 Å². The van der Waals surface area contributed by atoms with Crippen molar-refractivity contribution in [3.63, 3.8) is 0 Å². The molecule has 4 heteroatoms. The van der Waals surface area contributed by atoms with E-state index in [9.17, 15) is 4.79 Å². The van der Waals surface area contributed by atoms with Crippen LogP contribution in [0.25, 0.3) is 0 Å².